The van der Waals surface area contributed by atoms with Gasteiger partial charge in [0.15, 0.2) is 6.61 Å². The lowest BCUT2D eigenvalue weighted by atomic mass is 10.2. The van der Waals surface area contributed by atoms with Gasteiger partial charge in [-0.2, -0.15) is 0 Å². The Kier molecular flexibility index (Phi) is 4.15. The topological polar surface area (TPSA) is 38.8 Å². The van der Waals surface area contributed by atoms with Crippen molar-refractivity contribution in [1.82, 2.24) is 0 Å². The first-order chi connectivity index (χ1) is 10.6. The van der Waals surface area contributed by atoms with Crippen molar-refractivity contribution in [1.29, 1.82) is 0 Å². The van der Waals surface area contributed by atoms with E-state index in [0.717, 1.165) is 0 Å². The van der Waals surface area contributed by atoms with Crippen LogP contribution in [0, 0.1) is 5.82 Å². The van der Waals surface area contributed by atoms with Crippen LogP contribution in [-0.4, -0.2) is 25.7 Å². The number of hydrogen-bond donors (Lipinski definition) is 0. The van der Waals surface area contributed by atoms with Crippen molar-refractivity contribution < 1.29 is 18.7 Å². The number of fused-ring (bicyclic) bond motifs is 1. The van der Waals surface area contributed by atoms with E-state index in [0.29, 0.717) is 35.4 Å². The summed E-state index contributed by atoms with van der Waals surface area (Å²) < 4.78 is 24.0. The van der Waals surface area contributed by atoms with Crippen LogP contribution in [0.5, 0.6) is 11.5 Å². The van der Waals surface area contributed by atoms with Gasteiger partial charge in [-0.15, -0.1) is 0 Å². The normalized spacial score (nSPS) is 13.3. The van der Waals surface area contributed by atoms with Crippen molar-refractivity contribution in [3.8, 4) is 11.5 Å². The van der Waals surface area contributed by atoms with Crippen molar-refractivity contribution in [3.63, 3.8) is 0 Å². The van der Waals surface area contributed by atoms with Gasteiger partial charge in [0.2, 0.25) is 0 Å². The van der Waals surface area contributed by atoms with Crippen LogP contribution in [0.3, 0.4) is 0 Å². The van der Waals surface area contributed by atoms with E-state index in [9.17, 15) is 9.18 Å². The molecular weight excluding hydrogens is 309 g/mol. The lowest BCUT2D eigenvalue weighted by Gasteiger charge is -2.29. The first-order valence-corrected chi connectivity index (χ1v) is 7.13. The molecule has 4 nitrogen and oxygen atoms in total. The maximum Gasteiger partial charge on any atom is 0.265 e. The van der Waals surface area contributed by atoms with Gasteiger partial charge in [0.1, 0.15) is 23.9 Å². The van der Waals surface area contributed by atoms with Crippen LogP contribution < -0.4 is 14.4 Å². The van der Waals surface area contributed by atoms with Gasteiger partial charge in [-0.1, -0.05) is 23.7 Å². The Hall–Kier alpha value is -2.27. The largest absolute Gasteiger partial charge is 0.489 e. The molecule has 1 aliphatic rings. The number of benzene rings is 2. The Balaban J connectivity index is 1.73. The second-order valence-electron chi connectivity index (χ2n) is 4.72. The van der Waals surface area contributed by atoms with Crippen LogP contribution in [0.4, 0.5) is 10.1 Å². The van der Waals surface area contributed by atoms with Crippen molar-refractivity contribution in [2.75, 3.05) is 24.7 Å². The molecule has 0 aromatic heterocycles. The van der Waals surface area contributed by atoms with E-state index < -0.39 is 5.82 Å². The van der Waals surface area contributed by atoms with Gasteiger partial charge in [-0.05, 0) is 24.3 Å². The van der Waals surface area contributed by atoms with Crippen LogP contribution in [0.15, 0.2) is 42.5 Å². The second-order valence-corrected chi connectivity index (χ2v) is 5.13. The minimum absolute atomic E-state index is 0.152. The summed E-state index contributed by atoms with van der Waals surface area (Å²) in [5.41, 5.74) is 0.542. The SMILES string of the molecule is O=C(COc1ccccc1Cl)N1CCOc2cc(F)ccc21. The van der Waals surface area contributed by atoms with Crippen molar-refractivity contribution in [3.05, 3.63) is 53.3 Å². The molecule has 3 rings (SSSR count). The van der Waals surface area contributed by atoms with Gasteiger partial charge in [-0.3, -0.25) is 4.79 Å². The van der Waals surface area contributed by atoms with Gasteiger partial charge < -0.3 is 14.4 Å². The Morgan fingerprint density at radius 1 is 1.32 bits per heavy atom. The number of ether oxygens (including phenoxy) is 2. The van der Waals surface area contributed by atoms with Crippen molar-refractivity contribution in [2.45, 2.75) is 0 Å². The van der Waals surface area contributed by atoms with Crippen molar-refractivity contribution >= 4 is 23.2 Å². The highest BCUT2D eigenvalue weighted by Gasteiger charge is 2.24. The fourth-order valence-electron chi connectivity index (χ4n) is 2.23. The highest BCUT2D eigenvalue weighted by molar-refractivity contribution is 6.32. The van der Waals surface area contributed by atoms with Crippen LogP contribution in [0.25, 0.3) is 0 Å². The molecule has 0 fully saturated rings. The molecular formula is C16H13ClFNO3. The number of carbonyl (C=O) groups excluding carboxylic acids is 1. The first-order valence-electron chi connectivity index (χ1n) is 6.75. The van der Waals surface area contributed by atoms with E-state index in [4.69, 9.17) is 21.1 Å². The molecule has 0 aliphatic carbocycles. The summed E-state index contributed by atoms with van der Waals surface area (Å²) in [5.74, 6) is 0.166. The summed E-state index contributed by atoms with van der Waals surface area (Å²) in [6, 6.07) is 11.0. The third-order valence-corrected chi connectivity index (χ3v) is 3.59. The number of hydrogen-bond acceptors (Lipinski definition) is 3. The van der Waals surface area contributed by atoms with Gasteiger partial charge in [0.25, 0.3) is 5.91 Å². The van der Waals surface area contributed by atoms with Crippen LogP contribution >= 0.6 is 11.6 Å². The summed E-state index contributed by atoms with van der Waals surface area (Å²) in [5, 5.41) is 0.444. The van der Waals surface area contributed by atoms with Crippen LogP contribution in [0.2, 0.25) is 5.02 Å². The van der Waals surface area contributed by atoms with E-state index in [1.807, 2.05) is 0 Å². The zero-order valence-corrected chi connectivity index (χ0v) is 12.3. The highest BCUT2D eigenvalue weighted by Crippen LogP contribution is 2.32. The summed E-state index contributed by atoms with van der Waals surface area (Å²) >= 11 is 5.98. The van der Waals surface area contributed by atoms with Crippen LogP contribution in [-0.2, 0) is 4.79 Å². The van der Waals surface area contributed by atoms with Gasteiger partial charge in [-0.25, -0.2) is 4.39 Å². The smallest absolute Gasteiger partial charge is 0.265 e. The molecule has 0 bridgehead atoms. The average Bonchev–Trinajstić information content (AvgIpc) is 2.53. The Morgan fingerprint density at radius 3 is 2.95 bits per heavy atom. The third-order valence-electron chi connectivity index (χ3n) is 3.27. The van der Waals surface area contributed by atoms with E-state index in [2.05, 4.69) is 0 Å². The van der Waals surface area contributed by atoms with Gasteiger partial charge in [0, 0.05) is 6.07 Å². The lowest BCUT2D eigenvalue weighted by Crippen LogP contribution is -2.40. The quantitative estimate of drug-likeness (QED) is 0.871. The number of carbonyl (C=O) groups is 1. The Bertz CT molecular complexity index is 708. The molecule has 22 heavy (non-hydrogen) atoms. The van der Waals surface area contributed by atoms with Gasteiger partial charge in [0.05, 0.1) is 17.3 Å². The predicted molar refractivity (Wildman–Crippen MR) is 81.2 cm³/mol. The molecule has 1 aliphatic heterocycles. The molecule has 0 N–H and O–H groups in total. The molecule has 2 aromatic rings. The molecule has 2 aromatic carbocycles. The van der Waals surface area contributed by atoms with E-state index in [1.165, 1.54) is 23.1 Å². The Labute approximate surface area is 132 Å². The molecule has 1 amide bonds. The summed E-state index contributed by atoms with van der Waals surface area (Å²) in [4.78, 5) is 13.9. The highest BCUT2D eigenvalue weighted by atomic mass is 35.5. The lowest BCUT2D eigenvalue weighted by molar-refractivity contribution is -0.120. The third kappa shape index (κ3) is 2.99. The zero-order valence-electron chi connectivity index (χ0n) is 11.6. The monoisotopic (exact) mass is 321 g/mol. The van der Waals surface area contributed by atoms with E-state index in [-0.39, 0.29) is 12.5 Å². The number of anilines is 1. The van der Waals surface area contributed by atoms with E-state index >= 15 is 0 Å². The molecule has 0 unspecified atom stereocenters. The zero-order chi connectivity index (χ0) is 15.5. The Morgan fingerprint density at radius 2 is 2.14 bits per heavy atom. The van der Waals surface area contributed by atoms with Crippen molar-refractivity contribution in [2.24, 2.45) is 0 Å². The average molecular weight is 322 g/mol. The predicted octanol–water partition coefficient (Wildman–Crippen LogP) is 3.28. The number of halogens is 2. The van der Waals surface area contributed by atoms with Gasteiger partial charge >= 0.3 is 0 Å². The minimum Gasteiger partial charge on any atom is -0.489 e. The number of amides is 1. The number of para-hydroxylation sites is 1. The summed E-state index contributed by atoms with van der Waals surface area (Å²) in [7, 11) is 0. The first kappa shape index (κ1) is 14.7. The molecule has 0 spiro atoms. The van der Waals surface area contributed by atoms with E-state index in [1.54, 1.807) is 24.3 Å². The maximum atomic E-state index is 13.2. The summed E-state index contributed by atoms with van der Waals surface area (Å²) in [6.07, 6.45) is 0. The maximum absolute atomic E-state index is 13.2. The molecule has 0 saturated carbocycles. The molecule has 1 heterocycles. The molecule has 114 valence electrons. The molecule has 6 heteroatoms. The standard InChI is InChI=1S/C16H13ClFNO3/c17-12-3-1-2-4-14(12)22-10-16(20)19-7-8-21-15-9-11(18)5-6-13(15)19/h1-6,9H,7-8,10H2. The fraction of sp³-hybridized carbons (Fsp3) is 0.188. The second kappa shape index (κ2) is 6.23. The summed E-state index contributed by atoms with van der Waals surface area (Å²) in [6.45, 7) is 0.554. The number of nitrogens with zero attached hydrogens (tertiary/aromatic N) is 1. The molecule has 0 radical (unpaired) electrons. The molecule has 0 saturated heterocycles. The fourth-order valence-corrected chi connectivity index (χ4v) is 2.42. The van der Waals surface area contributed by atoms with Crippen LogP contribution in [0.1, 0.15) is 0 Å². The minimum atomic E-state index is -0.402. The molecule has 0 atom stereocenters. The number of rotatable bonds is 3.